The molecular formula is C18H17Cl2N3O3. The molecule has 0 spiro atoms. The fraction of sp³-hybridized carbons (Fsp3) is 0.167. The predicted molar refractivity (Wildman–Crippen MR) is 101 cm³/mol. The maximum absolute atomic E-state index is 11.9. The summed E-state index contributed by atoms with van der Waals surface area (Å²) in [7, 11) is 0. The summed E-state index contributed by atoms with van der Waals surface area (Å²) in [5, 5.41) is 3.75. The number of nitrogens with one attached hydrogen (secondary N) is 3. The van der Waals surface area contributed by atoms with E-state index in [-0.39, 0.29) is 18.7 Å². The first-order chi connectivity index (χ1) is 12.4. The molecule has 0 aromatic heterocycles. The van der Waals surface area contributed by atoms with Crippen molar-refractivity contribution in [1.82, 2.24) is 10.9 Å². The van der Waals surface area contributed by atoms with Gasteiger partial charge in [0.25, 0.3) is 5.91 Å². The highest BCUT2D eigenvalue weighted by Gasteiger charge is 2.11. The van der Waals surface area contributed by atoms with Crippen LogP contribution in [-0.2, 0) is 9.59 Å². The van der Waals surface area contributed by atoms with Crippen LogP contribution >= 0.6 is 23.2 Å². The summed E-state index contributed by atoms with van der Waals surface area (Å²) in [6.07, 6.45) is -0.110. The van der Waals surface area contributed by atoms with Gasteiger partial charge >= 0.3 is 0 Å². The topological polar surface area (TPSA) is 87.3 Å². The number of hydrogen-bond donors (Lipinski definition) is 3. The molecular weight excluding hydrogens is 377 g/mol. The van der Waals surface area contributed by atoms with E-state index in [0.29, 0.717) is 21.3 Å². The van der Waals surface area contributed by atoms with Crippen LogP contribution in [0, 0.1) is 6.92 Å². The second-order valence-electron chi connectivity index (χ2n) is 5.47. The molecule has 6 nitrogen and oxygen atoms in total. The van der Waals surface area contributed by atoms with Crippen LogP contribution < -0.4 is 16.2 Å². The van der Waals surface area contributed by atoms with Gasteiger partial charge in [0.05, 0.1) is 0 Å². The Bertz CT molecular complexity index is 823. The van der Waals surface area contributed by atoms with Crippen LogP contribution in [0.5, 0.6) is 0 Å². The van der Waals surface area contributed by atoms with Crippen molar-refractivity contribution in [3.63, 3.8) is 0 Å². The molecule has 26 heavy (non-hydrogen) atoms. The van der Waals surface area contributed by atoms with E-state index in [0.717, 1.165) is 5.56 Å². The molecule has 0 aliphatic rings. The number of benzene rings is 2. The van der Waals surface area contributed by atoms with Gasteiger partial charge in [-0.3, -0.25) is 25.2 Å². The fourth-order valence-electron chi connectivity index (χ4n) is 2.05. The Morgan fingerprint density at radius 3 is 2.23 bits per heavy atom. The third-order valence-corrected chi connectivity index (χ3v) is 4.20. The smallest absolute Gasteiger partial charge is 0.269 e. The van der Waals surface area contributed by atoms with Crippen LogP contribution in [0.1, 0.15) is 28.8 Å². The largest absolute Gasteiger partial charge is 0.326 e. The van der Waals surface area contributed by atoms with Crippen LogP contribution in [0.2, 0.25) is 10.0 Å². The van der Waals surface area contributed by atoms with Crippen molar-refractivity contribution in [2.45, 2.75) is 19.8 Å². The van der Waals surface area contributed by atoms with Gasteiger partial charge in [0.2, 0.25) is 11.8 Å². The zero-order valence-electron chi connectivity index (χ0n) is 13.9. The van der Waals surface area contributed by atoms with Gasteiger partial charge in [0.15, 0.2) is 0 Å². The minimum Gasteiger partial charge on any atom is -0.326 e. The second-order valence-corrected chi connectivity index (χ2v) is 6.31. The number of carbonyl (C=O) groups is 3. The van der Waals surface area contributed by atoms with E-state index in [1.54, 1.807) is 37.3 Å². The molecule has 136 valence electrons. The maximum atomic E-state index is 11.9. The Balaban J connectivity index is 1.76. The number of hydrogen-bond acceptors (Lipinski definition) is 3. The first-order valence-corrected chi connectivity index (χ1v) is 8.52. The molecule has 0 fully saturated rings. The summed E-state index contributed by atoms with van der Waals surface area (Å²) in [4.78, 5) is 35.5. The number of halogens is 2. The fourth-order valence-corrected chi connectivity index (χ4v) is 2.35. The molecule has 2 rings (SSSR count). The molecule has 3 amide bonds. The van der Waals surface area contributed by atoms with Crippen molar-refractivity contribution < 1.29 is 14.4 Å². The van der Waals surface area contributed by atoms with Gasteiger partial charge in [0, 0.05) is 34.1 Å². The number of anilines is 1. The zero-order valence-corrected chi connectivity index (χ0v) is 15.4. The summed E-state index contributed by atoms with van der Waals surface area (Å²) < 4.78 is 0. The van der Waals surface area contributed by atoms with Gasteiger partial charge in [-0.25, -0.2) is 0 Å². The van der Waals surface area contributed by atoms with Crippen molar-refractivity contribution >= 4 is 46.6 Å². The average Bonchev–Trinajstić information content (AvgIpc) is 2.62. The highest BCUT2D eigenvalue weighted by molar-refractivity contribution is 6.31. The van der Waals surface area contributed by atoms with Crippen molar-refractivity contribution in [3.05, 3.63) is 63.6 Å². The van der Waals surface area contributed by atoms with Crippen molar-refractivity contribution in [1.29, 1.82) is 0 Å². The first-order valence-electron chi connectivity index (χ1n) is 7.76. The van der Waals surface area contributed by atoms with Gasteiger partial charge in [-0.05, 0) is 48.9 Å². The Morgan fingerprint density at radius 1 is 0.885 bits per heavy atom. The van der Waals surface area contributed by atoms with Crippen LogP contribution in [0.3, 0.4) is 0 Å². The van der Waals surface area contributed by atoms with E-state index < -0.39 is 11.8 Å². The van der Waals surface area contributed by atoms with E-state index in [4.69, 9.17) is 23.2 Å². The highest BCUT2D eigenvalue weighted by atomic mass is 35.5. The summed E-state index contributed by atoms with van der Waals surface area (Å²) in [6.45, 7) is 1.79. The Morgan fingerprint density at radius 2 is 1.54 bits per heavy atom. The van der Waals surface area contributed by atoms with Crippen molar-refractivity contribution in [2.75, 3.05) is 5.32 Å². The van der Waals surface area contributed by atoms with Gasteiger partial charge in [-0.2, -0.15) is 0 Å². The van der Waals surface area contributed by atoms with E-state index >= 15 is 0 Å². The third kappa shape index (κ3) is 5.75. The Hall–Kier alpha value is -2.57. The first kappa shape index (κ1) is 19.8. The van der Waals surface area contributed by atoms with Crippen LogP contribution in [0.4, 0.5) is 5.69 Å². The normalized spacial score (nSPS) is 10.1. The van der Waals surface area contributed by atoms with Crippen molar-refractivity contribution in [3.8, 4) is 0 Å². The monoisotopic (exact) mass is 393 g/mol. The third-order valence-electron chi connectivity index (χ3n) is 3.54. The Kier molecular flexibility index (Phi) is 7.00. The SMILES string of the molecule is Cc1c(Cl)cccc1NC(=O)CCC(=O)NNC(=O)c1ccc(Cl)cc1. The molecule has 0 atom stereocenters. The summed E-state index contributed by atoms with van der Waals surface area (Å²) >= 11 is 11.7. The molecule has 0 radical (unpaired) electrons. The standard InChI is InChI=1S/C18H17Cl2N3O3/c1-11-14(20)3-2-4-15(11)21-16(24)9-10-17(25)22-23-18(26)12-5-7-13(19)8-6-12/h2-8H,9-10H2,1H3,(H,21,24)(H,22,25)(H,23,26). The molecule has 0 saturated heterocycles. The molecule has 2 aromatic rings. The minimum absolute atomic E-state index is 0.0331. The van der Waals surface area contributed by atoms with E-state index in [2.05, 4.69) is 16.2 Å². The summed E-state index contributed by atoms with van der Waals surface area (Å²) in [5.41, 5.74) is 6.24. The minimum atomic E-state index is -0.481. The van der Waals surface area contributed by atoms with Crippen molar-refractivity contribution in [2.24, 2.45) is 0 Å². The molecule has 0 heterocycles. The van der Waals surface area contributed by atoms with Crippen LogP contribution in [-0.4, -0.2) is 17.7 Å². The second kappa shape index (κ2) is 9.22. The molecule has 2 aromatic carbocycles. The van der Waals surface area contributed by atoms with E-state index in [9.17, 15) is 14.4 Å². The summed E-state index contributed by atoms with van der Waals surface area (Å²) in [6, 6.07) is 11.4. The van der Waals surface area contributed by atoms with Gasteiger partial charge in [0.1, 0.15) is 0 Å². The highest BCUT2D eigenvalue weighted by Crippen LogP contribution is 2.23. The lowest BCUT2D eigenvalue weighted by atomic mass is 10.2. The molecule has 0 saturated carbocycles. The molecule has 8 heteroatoms. The lowest BCUT2D eigenvalue weighted by Crippen LogP contribution is -2.41. The lowest BCUT2D eigenvalue weighted by molar-refractivity contribution is -0.124. The maximum Gasteiger partial charge on any atom is 0.269 e. The summed E-state index contributed by atoms with van der Waals surface area (Å²) in [5.74, 6) is -1.28. The number of hydrazine groups is 1. The predicted octanol–water partition coefficient (Wildman–Crippen LogP) is 3.48. The lowest BCUT2D eigenvalue weighted by Gasteiger charge is -2.10. The number of carbonyl (C=O) groups excluding carboxylic acids is 3. The van der Waals surface area contributed by atoms with Crippen LogP contribution in [0.25, 0.3) is 0 Å². The average molecular weight is 394 g/mol. The van der Waals surface area contributed by atoms with Gasteiger partial charge in [-0.1, -0.05) is 29.3 Å². The quantitative estimate of drug-likeness (QED) is 0.679. The van der Waals surface area contributed by atoms with E-state index in [1.807, 2.05) is 0 Å². The Labute approximate surface area is 160 Å². The van der Waals surface area contributed by atoms with E-state index in [1.165, 1.54) is 12.1 Å². The molecule has 0 aliphatic heterocycles. The van der Waals surface area contributed by atoms with Gasteiger partial charge < -0.3 is 5.32 Å². The molecule has 0 aliphatic carbocycles. The van der Waals surface area contributed by atoms with Gasteiger partial charge in [-0.15, -0.1) is 0 Å². The molecule has 0 bridgehead atoms. The zero-order chi connectivity index (χ0) is 19.1. The molecule has 0 unspecified atom stereocenters. The molecule has 3 N–H and O–H groups in total. The van der Waals surface area contributed by atoms with Crippen LogP contribution in [0.15, 0.2) is 42.5 Å². The number of rotatable bonds is 5. The number of amides is 3.